The van der Waals surface area contributed by atoms with E-state index in [9.17, 15) is 9.59 Å². The van der Waals surface area contributed by atoms with Gasteiger partial charge in [0.2, 0.25) is 0 Å². The van der Waals surface area contributed by atoms with Gasteiger partial charge in [-0.2, -0.15) is 5.26 Å². The summed E-state index contributed by atoms with van der Waals surface area (Å²) in [7, 11) is 0. The fourth-order valence-electron chi connectivity index (χ4n) is 1.91. The summed E-state index contributed by atoms with van der Waals surface area (Å²) >= 11 is 0. The van der Waals surface area contributed by atoms with Crippen LogP contribution in [0.2, 0.25) is 0 Å². The average molecular weight is 183 g/mol. The maximum absolute atomic E-state index is 10.8. The monoisotopic (exact) mass is 183 g/mol. The van der Waals surface area contributed by atoms with E-state index in [-0.39, 0.29) is 0 Å². The minimum Gasteiger partial charge on any atom is -0.481 e. The van der Waals surface area contributed by atoms with Crippen LogP contribution < -0.4 is 0 Å². The number of nitrogens with zero attached hydrogens (tertiary/aromatic N) is 1. The number of nitriles is 1. The van der Waals surface area contributed by atoms with E-state index in [1.807, 2.05) is 0 Å². The van der Waals surface area contributed by atoms with Crippen molar-refractivity contribution < 1.29 is 19.8 Å². The molecule has 0 aromatic heterocycles. The number of hydrogen-bond acceptors (Lipinski definition) is 3. The fraction of sp³-hybridized carbons (Fsp3) is 0.625. The maximum Gasteiger partial charge on any atom is 0.325 e. The second-order valence-corrected chi connectivity index (χ2v) is 3.72. The van der Waals surface area contributed by atoms with Crippen molar-refractivity contribution in [1.82, 2.24) is 0 Å². The highest BCUT2D eigenvalue weighted by atomic mass is 16.4. The van der Waals surface area contributed by atoms with Gasteiger partial charge in [-0.1, -0.05) is 13.8 Å². The van der Waals surface area contributed by atoms with E-state index in [0.29, 0.717) is 0 Å². The van der Waals surface area contributed by atoms with Gasteiger partial charge in [0.15, 0.2) is 5.41 Å². The SMILES string of the molecule is CC1(C)C(C(=O)O)C1(C#N)C(=O)O. The molecule has 0 radical (unpaired) electrons. The van der Waals surface area contributed by atoms with Gasteiger partial charge in [0.1, 0.15) is 0 Å². The molecule has 2 unspecified atom stereocenters. The summed E-state index contributed by atoms with van der Waals surface area (Å²) in [6.45, 7) is 2.95. The Balaban J connectivity index is 3.16. The first-order valence-electron chi connectivity index (χ1n) is 3.70. The number of carboxylic acids is 2. The predicted molar refractivity (Wildman–Crippen MR) is 40.6 cm³/mol. The number of carboxylic acid groups (broad SMARTS) is 2. The Morgan fingerprint density at radius 3 is 1.92 bits per heavy atom. The predicted octanol–water partition coefficient (Wildman–Crippen LogP) is 0.322. The zero-order valence-corrected chi connectivity index (χ0v) is 7.24. The fourth-order valence-corrected chi connectivity index (χ4v) is 1.91. The van der Waals surface area contributed by atoms with Crippen molar-refractivity contribution in [3.8, 4) is 6.07 Å². The molecule has 0 aliphatic heterocycles. The normalized spacial score (nSPS) is 34.7. The van der Waals surface area contributed by atoms with E-state index in [2.05, 4.69) is 0 Å². The quantitative estimate of drug-likeness (QED) is 0.642. The average Bonchev–Trinajstić information content (AvgIpc) is 2.48. The van der Waals surface area contributed by atoms with Crippen molar-refractivity contribution in [3.05, 3.63) is 0 Å². The zero-order chi connectivity index (χ0) is 10.4. The lowest BCUT2D eigenvalue weighted by Gasteiger charge is -2.03. The van der Waals surface area contributed by atoms with Gasteiger partial charge in [-0.25, -0.2) is 0 Å². The van der Waals surface area contributed by atoms with E-state index in [1.165, 1.54) is 13.8 Å². The standard InChI is InChI=1S/C8H9NO4/c1-7(2)4(5(10)11)8(7,3-9)6(12)13/h4H,1-2H3,(H,10,11)(H,12,13). The lowest BCUT2D eigenvalue weighted by molar-refractivity contribution is -0.146. The third kappa shape index (κ3) is 0.800. The van der Waals surface area contributed by atoms with Gasteiger partial charge in [0.05, 0.1) is 12.0 Å². The molecule has 5 nitrogen and oxygen atoms in total. The molecule has 2 N–H and O–H groups in total. The van der Waals surface area contributed by atoms with Gasteiger partial charge < -0.3 is 10.2 Å². The Hall–Kier alpha value is -1.57. The summed E-state index contributed by atoms with van der Waals surface area (Å²) in [6, 6.07) is 1.59. The Bertz CT molecular complexity index is 328. The molecule has 0 aromatic rings. The molecule has 0 bridgehead atoms. The third-order valence-electron chi connectivity index (χ3n) is 2.85. The highest BCUT2D eigenvalue weighted by Gasteiger charge is 2.80. The molecule has 0 aromatic carbocycles. The molecule has 0 saturated heterocycles. The largest absolute Gasteiger partial charge is 0.481 e. The molecular formula is C8H9NO4. The van der Waals surface area contributed by atoms with Crippen molar-refractivity contribution in [2.24, 2.45) is 16.7 Å². The summed E-state index contributed by atoms with van der Waals surface area (Å²) in [5.41, 5.74) is -2.74. The first-order valence-corrected chi connectivity index (χ1v) is 3.70. The lowest BCUT2D eigenvalue weighted by atomic mass is 9.98. The van der Waals surface area contributed by atoms with Crippen molar-refractivity contribution in [2.45, 2.75) is 13.8 Å². The molecule has 2 atom stereocenters. The smallest absolute Gasteiger partial charge is 0.325 e. The van der Waals surface area contributed by atoms with Gasteiger partial charge in [-0.15, -0.1) is 0 Å². The van der Waals surface area contributed by atoms with Crippen LogP contribution in [-0.4, -0.2) is 22.2 Å². The summed E-state index contributed by atoms with van der Waals surface area (Å²) in [6.07, 6.45) is 0. The molecule has 70 valence electrons. The zero-order valence-electron chi connectivity index (χ0n) is 7.24. The van der Waals surface area contributed by atoms with Crippen LogP contribution in [0.5, 0.6) is 0 Å². The molecular weight excluding hydrogens is 174 g/mol. The van der Waals surface area contributed by atoms with Crippen LogP contribution in [0.4, 0.5) is 0 Å². The molecule has 0 heterocycles. The molecule has 1 rings (SSSR count). The molecule has 1 aliphatic rings. The number of aliphatic carboxylic acids is 2. The van der Waals surface area contributed by atoms with Crippen LogP contribution in [0.15, 0.2) is 0 Å². The van der Waals surface area contributed by atoms with E-state index in [1.54, 1.807) is 6.07 Å². The molecule has 1 fully saturated rings. The summed E-state index contributed by atoms with van der Waals surface area (Å²) < 4.78 is 0. The highest BCUT2D eigenvalue weighted by molar-refractivity contribution is 5.94. The number of rotatable bonds is 2. The van der Waals surface area contributed by atoms with Crippen LogP contribution in [0.25, 0.3) is 0 Å². The highest BCUT2D eigenvalue weighted by Crippen LogP contribution is 2.68. The van der Waals surface area contributed by atoms with Gasteiger partial charge in [-0.3, -0.25) is 9.59 Å². The number of hydrogen-bond donors (Lipinski definition) is 2. The molecule has 1 aliphatic carbocycles. The van der Waals surface area contributed by atoms with Crippen LogP contribution in [0.1, 0.15) is 13.8 Å². The molecule has 13 heavy (non-hydrogen) atoms. The van der Waals surface area contributed by atoms with Gasteiger partial charge in [0, 0.05) is 5.41 Å². The van der Waals surface area contributed by atoms with Crippen LogP contribution in [0.3, 0.4) is 0 Å². The Morgan fingerprint density at radius 2 is 1.85 bits per heavy atom. The van der Waals surface area contributed by atoms with E-state index < -0.39 is 28.7 Å². The van der Waals surface area contributed by atoms with Crippen molar-refractivity contribution in [2.75, 3.05) is 0 Å². The van der Waals surface area contributed by atoms with Crippen LogP contribution in [-0.2, 0) is 9.59 Å². The van der Waals surface area contributed by atoms with Gasteiger partial charge >= 0.3 is 11.9 Å². The molecule has 1 saturated carbocycles. The van der Waals surface area contributed by atoms with E-state index >= 15 is 0 Å². The summed E-state index contributed by atoms with van der Waals surface area (Å²) in [4.78, 5) is 21.4. The van der Waals surface area contributed by atoms with Gasteiger partial charge in [0.25, 0.3) is 0 Å². The maximum atomic E-state index is 10.8. The Morgan fingerprint density at radius 1 is 1.38 bits per heavy atom. The summed E-state index contributed by atoms with van der Waals surface area (Å²) in [5, 5.41) is 26.2. The topological polar surface area (TPSA) is 98.4 Å². The number of carbonyl (C=O) groups is 2. The minimum atomic E-state index is -1.75. The van der Waals surface area contributed by atoms with Crippen molar-refractivity contribution in [3.63, 3.8) is 0 Å². The Labute approximate surface area is 74.6 Å². The summed E-state index contributed by atoms with van der Waals surface area (Å²) in [5.74, 6) is -3.69. The lowest BCUT2D eigenvalue weighted by Crippen LogP contribution is -2.20. The van der Waals surface area contributed by atoms with Crippen molar-refractivity contribution in [1.29, 1.82) is 5.26 Å². The minimum absolute atomic E-state index is 0.987. The first-order chi connectivity index (χ1) is 5.82. The first kappa shape index (κ1) is 9.52. The van der Waals surface area contributed by atoms with E-state index in [0.717, 1.165) is 0 Å². The molecule has 5 heteroatoms. The van der Waals surface area contributed by atoms with Gasteiger partial charge in [-0.05, 0) is 0 Å². The van der Waals surface area contributed by atoms with E-state index in [4.69, 9.17) is 15.5 Å². The Kier molecular flexibility index (Phi) is 1.63. The van der Waals surface area contributed by atoms with Crippen LogP contribution >= 0.6 is 0 Å². The third-order valence-corrected chi connectivity index (χ3v) is 2.85. The molecule has 0 amide bonds. The van der Waals surface area contributed by atoms with Crippen molar-refractivity contribution >= 4 is 11.9 Å². The second kappa shape index (κ2) is 2.22. The van der Waals surface area contributed by atoms with Crippen LogP contribution in [0, 0.1) is 28.1 Å². The second-order valence-electron chi connectivity index (χ2n) is 3.72. The molecule has 0 spiro atoms.